The molecule has 0 unspecified atom stereocenters. The van der Waals surface area contributed by atoms with Gasteiger partial charge in [-0.25, -0.2) is 13.1 Å². The van der Waals surface area contributed by atoms with Gasteiger partial charge in [-0.15, -0.1) is 0 Å². The van der Waals surface area contributed by atoms with E-state index >= 15 is 0 Å². The molecule has 7 heteroatoms. The summed E-state index contributed by atoms with van der Waals surface area (Å²) in [6, 6.07) is 7.28. The SMILES string of the molecule is CS(=O)(=O)NCCN(CCO)c1ccccc1N. The van der Waals surface area contributed by atoms with E-state index in [1.165, 1.54) is 0 Å². The van der Waals surface area contributed by atoms with Crippen molar-refractivity contribution in [2.45, 2.75) is 0 Å². The third-order valence-electron chi connectivity index (χ3n) is 2.39. The summed E-state index contributed by atoms with van der Waals surface area (Å²) in [6.07, 6.45) is 1.11. The number of nitrogen functional groups attached to an aromatic ring is 1. The highest BCUT2D eigenvalue weighted by atomic mass is 32.2. The standard InChI is InChI=1S/C11H19N3O3S/c1-18(16,17)13-6-7-14(8-9-15)11-5-3-2-4-10(11)12/h2-5,13,15H,6-9,12H2,1H3. The number of nitrogens with one attached hydrogen (secondary N) is 1. The first kappa shape index (κ1) is 14.7. The number of hydrogen-bond donors (Lipinski definition) is 3. The highest BCUT2D eigenvalue weighted by molar-refractivity contribution is 7.88. The molecular weight excluding hydrogens is 254 g/mol. The Bertz CT molecular complexity index is 476. The first-order chi connectivity index (χ1) is 8.44. The van der Waals surface area contributed by atoms with Crippen molar-refractivity contribution < 1.29 is 13.5 Å². The van der Waals surface area contributed by atoms with Gasteiger partial charge in [0.25, 0.3) is 0 Å². The molecule has 0 heterocycles. The molecule has 0 aliphatic carbocycles. The van der Waals surface area contributed by atoms with Crippen LogP contribution in [0.5, 0.6) is 0 Å². The molecular formula is C11H19N3O3S. The van der Waals surface area contributed by atoms with E-state index in [2.05, 4.69) is 4.72 Å². The Morgan fingerprint density at radius 2 is 2.00 bits per heavy atom. The predicted octanol–water partition coefficient (Wildman–Crippen LogP) is -0.383. The normalized spacial score (nSPS) is 11.4. The summed E-state index contributed by atoms with van der Waals surface area (Å²) in [5.74, 6) is 0. The zero-order valence-corrected chi connectivity index (χ0v) is 11.2. The predicted molar refractivity (Wildman–Crippen MR) is 73.0 cm³/mol. The lowest BCUT2D eigenvalue weighted by Gasteiger charge is -2.25. The second-order valence-electron chi connectivity index (χ2n) is 3.94. The summed E-state index contributed by atoms with van der Waals surface area (Å²) < 4.78 is 24.3. The third-order valence-corrected chi connectivity index (χ3v) is 3.12. The van der Waals surface area contributed by atoms with E-state index in [1.807, 2.05) is 23.1 Å². The summed E-state index contributed by atoms with van der Waals surface area (Å²) in [6.45, 7) is 1.10. The Labute approximate surface area is 107 Å². The van der Waals surface area contributed by atoms with Crippen molar-refractivity contribution in [1.29, 1.82) is 0 Å². The van der Waals surface area contributed by atoms with Crippen LogP contribution in [0.15, 0.2) is 24.3 Å². The van der Waals surface area contributed by atoms with Crippen LogP contribution in [0, 0.1) is 0 Å². The Morgan fingerprint density at radius 1 is 1.33 bits per heavy atom. The van der Waals surface area contributed by atoms with Crippen LogP contribution in [0.25, 0.3) is 0 Å². The Kier molecular flexibility index (Phi) is 5.39. The molecule has 1 aromatic rings. The van der Waals surface area contributed by atoms with E-state index < -0.39 is 10.0 Å². The maximum atomic E-state index is 11.0. The topological polar surface area (TPSA) is 95.7 Å². The van der Waals surface area contributed by atoms with Gasteiger partial charge < -0.3 is 15.7 Å². The third kappa shape index (κ3) is 4.91. The number of rotatable bonds is 7. The molecule has 0 atom stereocenters. The molecule has 1 aromatic carbocycles. The lowest BCUT2D eigenvalue weighted by Crippen LogP contribution is -2.36. The number of para-hydroxylation sites is 2. The molecule has 6 nitrogen and oxygen atoms in total. The average Bonchev–Trinajstić information content (AvgIpc) is 2.27. The van der Waals surface area contributed by atoms with Gasteiger partial charge in [0.2, 0.25) is 10.0 Å². The van der Waals surface area contributed by atoms with E-state index in [0.29, 0.717) is 18.8 Å². The maximum absolute atomic E-state index is 11.0. The zero-order valence-electron chi connectivity index (χ0n) is 10.3. The van der Waals surface area contributed by atoms with Gasteiger partial charge in [-0.3, -0.25) is 0 Å². The van der Waals surface area contributed by atoms with Gasteiger partial charge in [0.1, 0.15) is 0 Å². The largest absolute Gasteiger partial charge is 0.397 e. The maximum Gasteiger partial charge on any atom is 0.208 e. The summed E-state index contributed by atoms with van der Waals surface area (Å²) in [4.78, 5) is 1.84. The van der Waals surface area contributed by atoms with Crippen LogP contribution in [0.4, 0.5) is 11.4 Å². The van der Waals surface area contributed by atoms with Gasteiger partial charge >= 0.3 is 0 Å². The smallest absolute Gasteiger partial charge is 0.208 e. The molecule has 0 aliphatic heterocycles. The van der Waals surface area contributed by atoms with E-state index in [1.54, 1.807) is 6.07 Å². The molecule has 0 saturated heterocycles. The van der Waals surface area contributed by atoms with Crippen molar-refractivity contribution >= 4 is 21.4 Å². The van der Waals surface area contributed by atoms with Crippen LogP contribution in [0.1, 0.15) is 0 Å². The van der Waals surface area contributed by atoms with E-state index in [0.717, 1.165) is 11.9 Å². The fourth-order valence-electron chi connectivity index (χ4n) is 1.61. The van der Waals surface area contributed by atoms with Gasteiger partial charge in [-0.05, 0) is 12.1 Å². The second-order valence-corrected chi connectivity index (χ2v) is 5.77. The minimum absolute atomic E-state index is 0.0206. The number of aliphatic hydroxyl groups is 1. The van der Waals surface area contributed by atoms with Crippen molar-refractivity contribution in [2.24, 2.45) is 0 Å². The number of benzene rings is 1. The summed E-state index contributed by atoms with van der Waals surface area (Å²) in [7, 11) is -3.20. The number of anilines is 2. The highest BCUT2D eigenvalue weighted by Crippen LogP contribution is 2.21. The number of nitrogens with two attached hydrogens (primary N) is 1. The molecule has 1 rings (SSSR count). The van der Waals surface area contributed by atoms with Gasteiger partial charge in [0.15, 0.2) is 0 Å². The van der Waals surface area contributed by atoms with E-state index in [9.17, 15) is 8.42 Å². The van der Waals surface area contributed by atoms with Crippen molar-refractivity contribution in [2.75, 3.05) is 43.1 Å². The molecule has 0 saturated carbocycles. The summed E-state index contributed by atoms with van der Waals surface area (Å²) in [5, 5.41) is 9.03. The summed E-state index contributed by atoms with van der Waals surface area (Å²) >= 11 is 0. The molecule has 0 radical (unpaired) electrons. The van der Waals surface area contributed by atoms with Crippen molar-refractivity contribution in [1.82, 2.24) is 4.72 Å². The number of sulfonamides is 1. The molecule has 0 amide bonds. The van der Waals surface area contributed by atoms with Crippen molar-refractivity contribution in [3.63, 3.8) is 0 Å². The van der Waals surface area contributed by atoms with Crippen molar-refractivity contribution in [3.05, 3.63) is 24.3 Å². The highest BCUT2D eigenvalue weighted by Gasteiger charge is 2.09. The zero-order chi connectivity index (χ0) is 13.6. The molecule has 18 heavy (non-hydrogen) atoms. The van der Waals surface area contributed by atoms with Gasteiger partial charge in [0.05, 0.1) is 24.2 Å². The minimum atomic E-state index is -3.20. The van der Waals surface area contributed by atoms with Crippen LogP contribution in [-0.2, 0) is 10.0 Å². The Morgan fingerprint density at radius 3 is 2.56 bits per heavy atom. The first-order valence-electron chi connectivity index (χ1n) is 5.59. The summed E-state index contributed by atoms with van der Waals surface area (Å²) in [5.41, 5.74) is 7.24. The van der Waals surface area contributed by atoms with Gasteiger partial charge in [0, 0.05) is 19.6 Å². The van der Waals surface area contributed by atoms with E-state index in [-0.39, 0.29) is 13.2 Å². The van der Waals surface area contributed by atoms with Crippen molar-refractivity contribution in [3.8, 4) is 0 Å². The first-order valence-corrected chi connectivity index (χ1v) is 7.48. The van der Waals surface area contributed by atoms with Gasteiger partial charge in [-0.1, -0.05) is 12.1 Å². The molecule has 0 bridgehead atoms. The van der Waals surface area contributed by atoms with E-state index in [4.69, 9.17) is 10.8 Å². The van der Waals surface area contributed by atoms with Crippen LogP contribution in [0.3, 0.4) is 0 Å². The Hall–Kier alpha value is -1.31. The lowest BCUT2D eigenvalue weighted by atomic mass is 10.2. The quantitative estimate of drug-likeness (QED) is 0.588. The van der Waals surface area contributed by atoms with Gasteiger partial charge in [-0.2, -0.15) is 0 Å². The molecule has 4 N–H and O–H groups in total. The fourth-order valence-corrected chi connectivity index (χ4v) is 2.08. The molecule has 0 aromatic heterocycles. The Balaban J connectivity index is 2.69. The monoisotopic (exact) mass is 273 g/mol. The second kappa shape index (κ2) is 6.58. The lowest BCUT2D eigenvalue weighted by molar-refractivity contribution is 0.302. The minimum Gasteiger partial charge on any atom is -0.397 e. The number of nitrogens with zero attached hydrogens (tertiary/aromatic N) is 1. The fraction of sp³-hybridized carbons (Fsp3) is 0.455. The van der Waals surface area contributed by atoms with Crippen LogP contribution in [-0.4, -0.2) is 46.0 Å². The molecule has 0 fully saturated rings. The molecule has 0 aliphatic rings. The number of hydrogen-bond acceptors (Lipinski definition) is 5. The van der Waals surface area contributed by atoms with Crippen LogP contribution in [0.2, 0.25) is 0 Å². The molecule has 102 valence electrons. The van der Waals surface area contributed by atoms with Crippen LogP contribution < -0.4 is 15.4 Å². The average molecular weight is 273 g/mol. The number of aliphatic hydroxyl groups excluding tert-OH is 1. The van der Waals surface area contributed by atoms with Crippen LogP contribution >= 0.6 is 0 Å². The molecule has 0 spiro atoms.